The van der Waals surface area contributed by atoms with Crippen molar-refractivity contribution in [2.24, 2.45) is 0 Å². The lowest BCUT2D eigenvalue weighted by Gasteiger charge is -2.46. The summed E-state index contributed by atoms with van der Waals surface area (Å²) < 4.78 is 17.3. The summed E-state index contributed by atoms with van der Waals surface area (Å²) in [4.78, 5) is 14.2. The van der Waals surface area contributed by atoms with E-state index >= 15 is 0 Å². The van der Waals surface area contributed by atoms with Gasteiger partial charge in [0.1, 0.15) is 6.61 Å². The number of benzene rings is 1. The summed E-state index contributed by atoms with van der Waals surface area (Å²) >= 11 is 0. The fourth-order valence-electron chi connectivity index (χ4n) is 3.78. The lowest BCUT2D eigenvalue weighted by molar-refractivity contribution is -0.164. The lowest BCUT2D eigenvalue weighted by atomic mass is 9.83. The quantitative estimate of drug-likeness (QED) is 0.799. The number of hydrogen-bond acceptors (Lipinski definition) is 5. The van der Waals surface area contributed by atoms with E-state index in [9.17, 15) is 4.79 Å². The van der Waals surface area contributed by atoms with Crippen LogP contribution in [-0.2, 0) is 25.6 Å². The van der Waals surface area contributed by atoms with E-state index in [1.807, 2.05) is 35.2 Å². The van der Waals surface area contributed by atoms with Crippen LogP contribution in [0, 0.1) is 0 Å². The van der Waals surface area contributed by atoms with Gasteiger partial charge in [-0.2, -0.15) is 0 Å². The molecule has 1 N–H and O–H groups in total. The number of likely N-dealkylation sites (tertiary alicyclic amines) is 1. The van der Waals surface area contributed by atoms with Crippen LogP contribution in [0.1, 0.15) is 31.2 Å². The van der Waals surface area contributed by atoms with Gasteiger partial charge in [0.05, 0.1) is 31.5 Å². The Bertz CT molecular complexity index is 557. The molecule has 26 heavy (non-hydrogen) atoms. The van der Waals surface area contributed by atoms with Crippen molar-refractivity contribution >= 4 is 5.91 Å². The Morgan fingerprint density at radius 3 is 2.77 bits per heavy atom. The van der Waals surface area contributed by atoms with Crippen LogP contribution in [0.2, 0.25) is 0 Å². The average molecular weight is 363 g/mol. The molecule has 3 rings (SSSR count). The number of carbonyl (C=O) groups excluding carboxylic acids is 1. The van der Waals surface area contributed by atoms with Gasteiger partial charge in [-0.05, 0) is 24.8 Å². The number of amides is 1. The monoisotopic (exact) mass is 363 g/mol. The first kappa shape index (κ1) is 19.3. The van der Waals surface area contributed by atoms with Crippen LogP contribution in [-0.4, -0.2) is 67.1 Å². The molecule has 0 aromatic heterocycles. The standard InChI is InChI=1S/C20H29NO5/c22-11-13-25-18-6-12-26-20(14-18)7-9-21(10-8-20)19(23)16-24-15-17-4-2-1-3-5-17/h1-5,18,22H,6-16H2. The fraction of sp³-hybridized carbons (Fsp3) is 0.650. The van der Waals surface area contributed by atoms with Gasteiger partial charge in [-0.25, -0.2) is 0 Å². The number of nitrogens with zero attached hydrogens (tertiary/aromatic N) is 1. The summed E-state index contributed by atoms with van der Waals surface area (Å²) in [6, 6.07) is 9.87. The molecule has 1 amide bonds. The zero-order valence-corrected chi connectivity index (χ0v) is 15.3. The normalized spacial score (nSPS) is 22.5. The predicted octanol–water partition coefficient (Wildman–Crippen LogP) is 1.75. The van der Waals surface area contributed by atoms with Gasteiger partial charge in [0, 0.05) is 26.1 Å². The molecular formula is C20H29NO5. The smallest absolute Gasteiger partial charge is 0.248 e. The first-order valence-corrected chi connectivity index (χ1v) is 9.47. The number of ether oxygens (including phenoxy) is 3. The minimum absolute atomic E-state index is 0.0414. The summed E-state index contributed by atoms with van der Waals surface area (Å²) in [5, 5.41) is 8.93. The van der Waals surface area contributed by atoms with Gasteiger partial charge in [-0.15, -0.1) is 0 Å². The van der Waals surface area contributed by atoms with Gasteiger partial charge >= 0.3 is 0 Å². The van der Waals surface area contributed by atoms with Crippen molar-refractivity contribution < 1.29 is 24.1 Å². The molecule has 2 fully saturated rings. The molecule has 6 heteroatoms. The van der Waals surface area contributed by atoms with Crippen LogP contribution in [0.4, 0.5) is 0 Å². The van der Waals surface area contributed by atoms with Crippen LogP contribution < -0.4 is 0 Å². The van der Waals surface area contributed by atoms with E-state index in [1.54, 1.807) is 0 Å². The highest BCUT2D eigenvalue weighted by Crippen LogP contribution is 2.36. The second-order valence-corrected chi connectivity index (χ2v) is 7.10. The van der Waals surface area contributed by atoms with Gasteiger partial charge in [0.2, 0.25) is 5.91 Å². The topological polar surface area (TPSA) is 68.2 Å². The molecule has 144 valence electrons. The van der Waals surface area contributed by atoms with Crippen molar-refractivity contribution in [2.75, 3.05) is 39.5 Å². The summed E-state index contributed by atoms with van der Waals surface area (Å²) in [5.74, 6) is 0.0414. The van der Waals surface area contributed by atoms with Gasteiger partial charge in [-0.3, -0.25) is 4.79 Å². The number of aliphatic hydroxyl groups is 1. The van der Waals surface area contributed by atoms with E-state index in [2.05, 4.69) is 0 Å². The van der Waals surface area contributed by atoms with Crippen LogP contribution in [0.15, 0.2) is 30.3 Å². The molecule has 1 unspecified atom stereocenters. The molecule has 2 saturated heterocycles. The van der Waals surface area contributed by atoms with Gasteiger partial charge < -0.3 is 24.2 Å². The van der Waals surface area contributed by atoms with E-state index in [0.29, 0.717) is 32.9 Å². The summed E-state index contributed by atoms with van der Waals surface area (Å²) in [5.41, 5.74) is 0.891. The zero-order chi connectivity index (χ0) is 18.2. The highest BCUT2D eigenvalue weighted by molar-refractivity contribution is 5.77. The minimum Gasteiger partial charge on any atom is -0.394 e. The van der Waals surface area contributed by atoms with Crippen molar-refractivity contribution in [3.63, 3.8) is 0 Å². The van der Waals surface area contributed by atoms with Gasteiger partial charge in [-0.1, -0.05) is 30.3 Å². The van der Waals surface area contributed by atoms with E-state index in [0.717, 1.165) is 31.2 Å². The Labute approximate surface area is 155 Å². The van der Waals surface area contributed by atoms with Gasteiger partial charge in [0.25, 0.3) is 0 Å². The van der Waals surface area contributed by atoms with Crippen molar-refractivity contribution in [1.82, 2.24) is 4.90 Å². The summed E-state index contributed by atoms with van der Waals surface area (Å²) in [7, 11) is 0. The maximum Gasteiger partial charge on any atom is 0.248 e. The van der Waals surface area contributed by atoms with Crippen molar-refractivity contribution in [2.45, 2.75) is 44.0 Å². The fourth-order valence-corrected chi connectivity index (χ4v) is 3.78. The molecule has 2 aliphatic rings. The second-order valence-electron chi connectivity index (χ2n) is 7.10. The molecule has 1 spiro atoms. The summed E-state index contributed by atoms with van der Waals surface area (Å²) in [6.07, 6.45) is 3.52. The molecule has 0 bridgehead atoms. The van der Waals surface area contributed by atoms with Crippen LogP contribution in [0.25, 0.3) is 0 Å². The zero-order valence-electron chi connectivity index (χ0n) is 15.3. The minimum atomic E-state index is -0.181. The second kappa shape index (κ2) is 9.46. The SMILES string of the molecule is O=C(COCc1ccccc1)N1CCC2(CC1)CC(OCCO)CCO2. The molecule has 6 nitrogen and oxygen atoms in total. The van der Waals surface area contributed by atoms with Crippen molar-refractivity contribution in [3.8, 4) is 0 Å². The first-order valence-electron chi connectivity index (χ1n) is 9.47. The number of rotatable bonds is 7. The number of aliphatic hydroxyl groups excluding tert-OH is 1. The van der Waals surface area contributed by atoms with E-state index in [-0.39, 0.29) is 30.8 Å². The van der Waals surface area contributed by atoms with E-state index < -0.39 is 0 Å². The molecule has 0 radical (unpaired) electrons. The van der Waals surface area contributed by atoms with E-state index in [1.165, 1.54) is 0 Å². The maximum absolute atomic E-state index is 12.4. The first-order chi connectivity index (χ1) is 12.7. The third-order valence-corrected chi connectivity index (χ3v) is 5.26. The maximum atomic E-state index is 12.4. The third kappa shape index (κ3) is 5.27. The predicted molar refractivity (Wildman–Crippen MR) is 96.7 cm³/mol. The lowest BCUT2D eigenvalue weighted by Crippen LogP contribution is -2.52. The van der Waals surface area contributed by atoms with Crippen molar-refractivity contribution in [3.05, 3.63) is 35.9 Å². The molecule has 1 atom stereocenters. The number of carbonyl (C=O) groups is 1. The molecule has 2 heterocycles. The van der Waals surface area contributed by atoms with Gasteiger partial charge in [0.15, 0.2) is 0 Å². The van der Waals surface area contributed by atoms with Crippen molar-refractivity contribution in [1.29, 1.82) is 0 Å². The molecule has 2 aliphatic heterocycles. The Balaban J connectivity index is 1.40. The Morgan fingerprint density at radius 1 is 1.27 bits per heavy atom. The third-order valence-electron chi connectivity index (χ3n) is 5.26. The number of piperidine rings is 1. The molecule has 1 aromatic carbocycles. The van der Waals surface area contributed by atoms with E-state index in [4.69, 9.17) is 19.3 Å². The van der Waals surface area contributed by atoms with Crippen LogP contribution in [0.5, 0.6) is 0 Å². The molecule has 1 aromatic rings. The Kier molecular flexibility index (Phi) is 7.02. The molecular weight excluding hydrogens is 334 g/mol. The van der Waals surface area contributed by atoms with Crippen LogP contribution >= 0.6 is 0 Å². The Hall–Kier alpha value is -1.47. The highest BCUT2D eigenvalue weighted by Gasteiger charge is 2.41. The largest absolute Gasteiger partial charge is 0.394 e. The van der Waals surface area contributed by atoms with Crippen LogP contribution in [0.3, 0.4) is 0 Å². The highest BCUT2D eigenvalue weighted by atomic mass is 16.5. The number of hydrogen-bond donors (Lipinski definition) is 1. The summed E-state index contributed by atoms with van der Waals surface area (Å²) in [6.45, 7) is 3.08. The molecule has 0 saturated carbocycles. The molecule has 0 aliphatic carbocycles. The Morgan fingerprint density at radius 2 is 2.04 bits per heavy atom. The average Bonchev–Trinajstić information content (AvgIpc) is 2.68.